The van der Waals surface area contributed by atoms with Crippen molar-refractivity contribution < 1.29 is 76.8 Å². The number of phosphoric acid groups is 2. The first-order chi connectivity index (χ1) is 26.8. The highest BCUT2D eigenvalue weighted by molar-refractivity contribution is 7.47. The molecule has 10 N–H and O–H groups in total. The normalized spacial score (nSPS) is 33.6. The zero-order valence-electron chi connectivity index (χ0n) is 28.5. The molecular formula is C27H34N6O22P2. The number of nitrogens with one attached hydrogen (secondary N) is 3. The molecule has 3 fully saturated rings. The lowest BCUT2D eigenvalue weighted by Crippen LogP contribution is -2.39. The van der Waals surface area contributed by atoms with Crippen LogP contribution in [0, 0.1) is 0 Å². The van der Waals surface area contributed by atoms with Crippen molar-refractivity contribution in [1.29, 1.82) is 0 Å². The second-order valence-electron chi connectivity index (χ2n) is 12.6. The monoisotopic (exact) mass is 856 g/mol. The molecule has 6 heterocycles. The van der Waals surface area contributed by atoms with Crippen molar-refractivity contribution in [3.05, 3.63) is 99.3 Å². The lowest BCUT2D eigenvalue weighted by molar-refractivity contribution is -0.0644. The second kappa shape index (κ2) is 16.7. The molecule has 30 heteroatoms. The predicted molar refractivity (Wildman–Crippen MR) is 178 cm³/mol. The summed E-state index contributed by atoms with van der Waals surface area (Å²) < 4.78 is 64.9. The van der Waals surface area contributed by atoms with Crippen LogP contribution in [0.4, 0.5) is 0 Å². The molecule has 3 aromatic heterocycles. The number of aromatic amines is 3. The van der Waals surface area contributed by atoms with Gasteiger partial charge in [0, 0.05) is 36.8 Å². The summed E-state index contributed by atoms with van der Waals surface area (Å²) in [6, 6.07) is 2.68. The Morgan fingerprint density at radius 1 is 0.561 bits per heavy atom. The molecule has 6 rings (SSSR count). The van der Waals surface area contributed by atoms with Crippen molar-refractivity contribution in [2.75, 3.05) is 19.8 Å². The van der Waals surface area contributed by atoms with Crippen LogP contribution in [0.5, 0.6) is 0 Å². The van der Waals surface area contributed by atoms with E-state index in [4.69, 9.17) is 32.3 Å². The lowest BCUT2D eigenvalue weighted by atomic mass is 10.1. The summed E-state index contributed by atoms with van der Waals surface area (Å²) in [7, 11) is -10.8. The topological polar surface area (TPSA) is 405 Å². The number of ether oxygens (including phenoxy) is 3. The molecular weight excluding hydrogens is 822 g/mol. The molecule has 0 amide bonds. The molecule has 3 aliphatic rings. The molecule has 3 aliphatic heterocycles. The summed E-state index contributed by atoms with van der Waals surface area (Å²) >= 11 is 0. The van der Waals surface area contributed by atoms with E-state index in [1.807, 2.05) is 15.0 Å². The first-order valence-corrected chi connectivity index (χ1v) is 19.3. The fourth-order valence-corrected chi connectivity index (χ4v) is 8.05. The molecule has 314 valence electrons. The fraction of sp³-hybridized carbons (Fsp3) is 0.556. The molecule has 14 unspecified atom stereocenters. The zero-order chi connectivity index (χ0) is 41.6. The van der Waals surface area contributed by atoms with Gasteiger partial charge in [-0.1, -0.05) is 0 Å². The third-order valence-corrected chi connectivity index (χ3v) is 10.8. The van der Waals surface area contributed by atoms with Gasteiger partial charge in [-0.2, -0.15) is 0 Å². The third-order valence-electron chi connectivity index (χ3n) is 8.83. The highest BCUT2D eigenvalue weighted by atomic mass is 31.2. The van der Waals surface area contributed by atoms with Gasteiger partial charge in [-0.15, -0.1) is 0 Å². The standard InChI is InChI=1S/C27H34N6O22P2/c34-7-10-20(18(40)23(51-10)32-5-2-14(36)29-26(32)43)54-57(47,48)50-9-12-21(19(41)24(53-12)33-6-3-15(37)30-27(33)44)55-56(45,46)49-8-11-16(38)17(39)22(52-11)31-4-1-13(35)28-25(31)42/h1-6,10-12,16-24,34,38-41H,7-9H2,(H,45,46)(H,47,48)(H,28,35,42)(H,29,36,43)(H,30,37,44). The maximum atomic E-state index is 13.2. The van der Waals surface area contributed by atoms with Crippen molar-refractivity contribution in [3.8, 4) is 0 Å². The van der Waals surface area contributed by atoms with E-state index in [1.165, 1.54) is 0 Å². The predicted octanol–water partition coefficient (Wildman–Crippen LogP) is -6.23. The average molecular weight is 857 g/mol. The number of H-pyrrole nitrogens is 3. The smallest absolute Gasteiger partial charge is 0.394 e. The van der Waals surface area contributed by atoms with Gasteiger partial charge in [0.2, 0.25) is 0 Å². The Kier molecular flexibility index (Phi) is 12.4. The van der Waals surface area contributed by atoms with Gasteiger partial charge >= 0.3 is 32.7 Å². The van der Waals surface area contributed by atoms with E-state index in [9.17, 15) is 73.2 Å². The van der Waals surface area contributed by atoms with Crippen molar-refractivity contribution >= 4 is 15.6 Å². The summed E-state index contributed by atoms with van der Waals surface area (Å²) in [5, 5.41) is 52.7. The van der Waals surface area contributed by atoms with Crippen LogP contribution in [0.1, 0.15) is 18.7 Å². The van der Waals surface area contributed by atoms with E-state index in [-0.39, 0.29) is 0 Å². The Morgan fingerprint density at radius 3 is 1.32 bits per heavy atom. The summed E-state index contributed by atoms with van der Waals surface area (Å²) in [5.41, 5.74) is -5.64. The molecule has 0 bridgehead atoms. The van der Waals surface area contributed by atoms with Crippen LogP contribution in [0.25, 0.3) is 0 Å². The van der Waals surface area contributed by atoms with Gasteiger partial charge in [0.05, 0.1) is 19.8 Å². The molecule has 0 radical (unpaired) electrons. The van der Waals surface area contributed by atoms with Gasteiger partial charge in [-0.3, -0.25) is 61.1 Å². The van der Waals surface area contributed by atoms with Crippen molar-refractivity contribution in [1.82, 2.24) is 28.7 Å². The van der Waals surface area contributed by atoms with Crippen LogP contribution in [-0.2, 0) is 41.4 Å². The number of nitrogens with zero attached hydrogens (tertiary/aromatic N) is 3. The van der Waals surface area contributed by atoms with E-state index in [1.54, 1.807) is 0 Å². The van der Waals surface area contributed by atoms with E-state index < -0.39 is 143 Å². The Labute approximate surface area is 313 Å². The van der Waals surface area contributed by atoms with Crippen LogP contribution in [0.15, 0.2) is 65.6 Å². The summed E-state index contributed by atoms with van der Waals surface area (Å²) in [4.78, 5) is 98.5. The first kappa shape index (κ1) is 42.5. The summed E-state index contributed by atoms with van der Waals surface area (Å²) in [5.74, 6) is 0. The maximum Gasteiger partial charge on any atom is 0.472 e. The molecule has 3 saturated heterocycles. The first-order valence-electron chi connectivity index (χ1n) is 16.3. The van der Waals surface area contributed by atoms with Crippen molar-refractivity contribution in [2.45, 2.75) is 73.6 Å². The van der Waals surface area contributed by atoms with Crippen LogP contribution in [-0.4, -0.2) is 139 Å². The molecule has 0 aliphatic carbocycles. The fourth-order valence-electron chi connectivity index (χ4n) is 6.12. The number of phosphoric ester groups is 2. The zero-order valence-corrected chi connectivity index (χ0v) is 30.3. The average Bonchev–Trinajstić information content (AvgIpc) is 3.71. The molecule has 0 aromatic carbocycles. The van der Waals surface area contributed by atoms with Crippen LogP contribution >= 0.6 is 15.6 Å². The van der Waals surface area contributed by atoms with E-state index >= 15 is 0 Å². The number of aliphatic hydroxyl groups excluding tert-OH is 5. The third kappa shape index (κ3) is 9.16. The number of aliphatic hydroxyl groups is 5. The Hall–Kier alpha value is -4.06. The molecule has 3 aromatic rings. The van der Waals surface area contributed by atoms with Crippen molar-refractivity contribution in [3.63, 3.8) is 0 Å². The second-order valence-corrected chi connectivity index (χ2v) is 15.4. The van der Waals surface area contributed by atoms with Gasteiger partial charge in [0.1, 0.15) is 54.9 Å². The maximum absolute atomic E-state index is 13.2. The van der Waals surface area contributed by atoms with Gasteiger partial charge < -0.3 is 49.5 Å². The van der Waals surface area contributed by atoms with E-state index in [2.05, 4.69) is 0 Å². The van der Waals surface area contributed by atoms with Gasteiger partial charge in [-0.05, 0) is 0 Å². The number of hydrogen-bond acceptors (Lipinski definition) is 20. The van der Waals surface area contributed by atoms with Crippen LogP contribution < -0.4 is 33.7 Å². The Morgan fingerprint density at radius 2 is 0.912 bits per heavy atom. The molecule has 14 atom stereocenters. The molecule has 28 nitrogen and oxygen atoms in total. The molecule has 0 saturated carbocycles. The quantitative estimate of drug-likeness (QED) is 0.0674. The summed E-state index contributed by atoms with van der Waals surface area (Å²) in [6.45, 7) is -3.11. The molecule has 57 heavy (non-hydrogen) atoms. The highest BCUT2D eigenvalue weighted by Crippen LogP contribution is 2.52. The number of hydrogen-bond donors (Lipinski definition) is 10. The van der Waals surface area contributed by atoms with E-state index in [0.717, 1.165) is 41.4 Å². The van der Waals surface area contributed by atoms with Crippen molar-refractivity contribution in [2.24, 2.45) is 0 Å². The Balaban J connectivity index is 1.16. The SMILES string of the molecule is O=c1ccn(C2OC(COP(=O)(O)OC3C(COP(=O)(O)OC4C(CO)OC(n5ccc(=O)[nH]c5=O)C4O)OC(n4ccc(=O)[nH]c4=O)C3O)C(O)C2O)c(=O)[nH]1. The van der Waals surface area contributed by atoms with Crippen LogP contribution in [0.3, 0.4) is 0 Å². The number of rotatable bonds is 14. The highest BCUT2D eigenvalue weighted by Gasteiger charge is 2.53. The van der Waals surface area contributed by atoms with Gasteiger partial charge in [-0.25, -0.2) is 23.5 Å². The Bertz CT molecular complexity index is 2390. The molecule has 0 spiro atoms. The van der Waals surface area contributed by atoms with Gasteiger partial charge in [0.25, 0.3) is 16.7 Å². The minimum absolute atomic E-state index is 0.626. The minimum atomic E-state index is -5.43. The van der Waals surface area contributed by atoms with E-state index in [0.29, 0.717) is 9.13 Å². The van der Waals surface area contributed by atoms with Crippen LogP contribution in [0.2, 0.25) is 0 Å². The number of aromatic nitrogens is 6. The summed E-state index contributed by atoms with van der Waals surface area (Å²) in [6.07, 6.45) is -19.0. The lowest BCUT2D eigenvalue weighted by Gasteiger charge is -2.25. The van der Waals surface area contributed by atoms with Gasteiger partial charge in [0.15, 0.2) is 18.7 Å². The largest absolute Gasteiger partial charge is 0.472 e. The minimum Gasteiger partial charge on any atom is -0.394 e.